The molecule has 0 fully saturated rings. The zero-order valence-electron chi connectivity index (χ0n) is 9.96. The highest BCUT2D eigenvalue weighted by Crippen LogP contribution is 2.32. The predicted molar refractivity (Wildman–Crippen MR) is 70.2 cm³/mol. The van der Waals surface area contributed by atoms with Crippen molar-refractivity contribution in [3.05, 3.63) is 54.6 Å². The fourth-order valence-electron chi connectivity index (χ4n) is 1.45. The normalized spacial score (nSPS) is 12.3. The van der Waals surface area contributed by atoms with Gasteiger partial charge in [0.1, 0.15) is 0 Å². The van der Waals surface area contributed by atoms with Crippen LogP contribution in [-0.2, 0) is 9.84 Å². The Morgan fingerprint density at radius 3 is 1.80 bits per heavy atom. The van der Waals surface area contributed by atoms with E-state index in [9.17, 15) is 21.6 Å². The molecule has 2 nitrogen and oxygen atoms in total. The smallest absolute Gasteiger partial charge is 0.214 e. The third kappa shape index (κ3) is 3.16. The lowest BCUT2D eigenvalue weighted by Crippen LogP contribution is -2.23. The molecular weight excluding hydrogens is 309 g/mol. The molecule has 0 radical (unpaired) electrons. The van der Waals surface area contributed by atoms with Crippen LogP contribution in [0.3, 0.4) is 0 Å². The van der Waals surface area contributed by atoms with Crippen LogP contribution in [0.1, 0.15) is 0 Å². The molecule has 7 heteroatoms. The second kappa shape index (κ2) is 5.49. The summed E-state index contributed by atoms with van der Waals surface area (Å²) in [6, 6.07) is 13.9. The van der Waals surface area contributed by atoms with Crippen LogP contribution in [0.4, 0.5) is 13.2 Å². The topological polar surface area (TPSA) is 34.1 Å². The van der Waals surface area contributed by atoms with Gasteiger partial charge in [-0.3, -0.25) is 0 Å². The largest absolute Gasteiger partial charge is 0.501 e. The van der Waals surface area contributed by atoms with Gasteiger partial charge in [-0.15, -0.1) is 0 Å². The first-order valence-electron chi connectivity index (χ1n) is 5.45. The van der Waals surface area contributed by atoms with E-state index in [2.05, 4.69) is 0 Å². The van der Waals surface area contributed by atoms with Gasteiger partial charge in [0.25, 0.3) is 9.84 Å². The maximum Gasteiger partial charge on any atom is 0.501 e. The van der Waals surface area contributed by atoms with Crippen molar-refractivity contribution in [1.82, 2.24) is 0 Å². The molecule has 0 aromatic heterocycles. The van der Waals surface area contributed by atoms with Gasteiger partial charge in [-0.25, -0.2) is 8.42 Å². The Labute approximate surface area is 118 Å². The second-order valence-corrected chi connectivity index (χ2v) is 6.92. The van der Waals surface area contributed by atoms with Gasteiger partial charge >= 0.3 is 5.51 Å². The van der Waals surface area contributed by atoms with E-state index in [1.54, 1.807) is 0 Å². The van der Waals surface area contributed by atoms with Crippen molar-refractivity contribution < 1.29 is 21.6 Å². The van der Waals surface area contributed by atoms with E-state index >= 15 is 0 Å². The number of benzene rings is 2. The summed E-state index contributed by atoms with van der Waals surface area (Å²) in [5.74, 6) is 0. The van der Waals surface area contributed by atoms with Gasteiger partial charge in [0.05, 0.1) is 4.90 Å². The fraction of sp³-hybridized carbons (Fsp3) is 0.0769. The average molecular weight is 318 g/mol. The molecule has 2 rings (SSSR count). The van der Waals surface area contributed by atoms with Crippen LogP contribution in [0.2, 0.25) is 0 Å². The molecule has 20 heavy (non-hydrogen) atoms. The monoisotopic (exact) mass is 318 g/mol. The third-order valence-electron chi connectivity index (χ3n) is 2.42. The molecule has 0 aliphatic rings. The van der Waals surface area contributed by atoms with Gasteiger partial charge in [-0.2, -0.15) is 13.2 Å². The molecule has 0 aliphatic heterocycles. The lowest BCUT2D eigenvalue weighted by Gasteiger charge is -2.08. The Kier molecular flexibility index (Phi) is 4.10. The summed E-state index contributed by atoms with van der Waals surface area (Å²) in [5.41, 5.74) is -5.28. The van der Waals surface area contributed by atoms with Crippen LogP contribution in [-0.4, -0.2) is 13.9 Å². The van der Waals surface area contributed by atoms with E-state index in [1.807, 2.05) is 30.3 Å². The highest BCUT2D eigenvalue weighted by atomic mass is 32.2. The number of sulfone groups is 1. The molecule has 0 unspecified atom stereocenters. The Bertz CT molecular complexity index is 678. The highest BCUT2D eigenvalue weighted by molar-refractivity contribution is 7.99. The summed E-state index contributed by atoms with van der Waals surface area (Å²) >= 11 is 1.34. The van der Waals surface area contributed by atoms with Crippen molar-refractivity contribution in [3.63, 3.8) is 0 Å². The fourth-order valence-corrected chi connectivity index (χ4v) is 3.04. The van der Waals surface area contributed by atoms with Gasteiger partial charge < -0.3 is 0 Å². The van der Waals surface area contributed by atoms with Crippen LogP contribution in [0.15, 0.2) is 69.3 Å². The number of halogens is 3. The Balaban J connectivity index is 2.24. The van der Waals surface area contributed by atoms with Crippen LogP contribution in [0.25, 0.3) is 0 Å². The maximum absolute atomic E-state index is 12.4. The lowest BCUT2D eigenvalue weighted by molar-refractivity contribution is -0.0436. The first-order valence-corrected chi connectivity index (χ1v) is 7.75. The molecule has 0 saturated heterocycles. The third-order valence-corrected chi connectivity index (χ3v) is 4.94. The van der Waals surface area contributed by atoms with Crippen molar-refractivity contribution >= 4 is 21.6 Å². The maximum atomic E-state index is 12.4. The molecule has 0 atom stereocenters. The summed E-state index contributed by atoms with van der Waals surface area (Å²) in [4.78, 5) is 0.832. The van der Waals surface area contributed by atoms with E-state index in [1.165, 1.54) is 23.9 Å². The van der Waals surface area contributed by atoms with Crippen molar-refractivity contribution in [2.75, 3.05) is 0 Å². The number of rotatable bonds is 3. The van der Waals surface area contributed by atoms with Crippen LogP contribution in [0, 0.1) is 0 Å². The summed E-state index contributed by atoms with van der Waals surface area (Å²) in [6.45, 7) is 0. The first kappa shape index (κ1) is 14.9. The van der Waals surface area contributed by atoms with Crippen molar-refractivity contribution in [1.29, 1.82) is 0 Å². The summed E-state index contributed by atoms with van der Waals surface area (Å²) in [6.07, 6.45) is 0. The van der Waals surface area contributed by atoms with Gasteiger partial charge in [0.2, 0.25) is 0 Å². The van der Waals surface area contributed by atoms with Crippen LogP contribution >= 0.6 is 11.8 Å². The molecule has 2 aromatic rings. The lowest BCUT2D eigenvalue weighted by atomic mass is 10.4. The summed E-state index contributed by atoms with van der Waals surface area (Å²) in [7, 11) is -5.28. The minimum atomic E-state index is -5.28. The first-order chi connectivity index (χ1) is 9.30. The standard InChI is InChI=1S/C13H9F3O2S2/c14-13(15,16)20(17,18)12-8-6-11(7-9-12)19-10-4-2-1-3-5-10/h1-9H. The zero-order chi connectivity index (χ0) is 14.8. The summed E-state index contributed by atoms with van der Waals surface area (Å²) < 4.78 is 59.5. The molecule has 0 spiro atoms. The van der Waals surface area contributed by atoms with E-state index < -0.39 is 20.2 Å². The molecule has 0 heterocycles. The van der Waals surface area contributed by atoms with Crippen molar-refractivity contribution in [3.8, 4) is 0 Å². The molecule has 2 aromatic carbocycles. The predicted octanol–water partition coefficient (Wildman–Crippen LogP) is 4.13. The summed E-state index contributed by atoms with van der Waals surface area (Å²) in [5, 5.41) is 0. The van der Waals surface area contributed by atoms with E-state index in [-0.39, 0.29) is 0 Å². The highest BCUT2D eigenvalue weighted by Gasteiger charge is 2.46. The van der Waals surface area contributed by atoms with Gasteiger partial charge in [-0.1, -0.05) is 30.0 Å². The van der Waals surface area contributed by atoms with Crippen molar-refractivity contribution in [2.45, 2.75) is 20.2 Å². The average Bonchev–Trinajstić information content (AvgIpc) is 2.39. The van der Waals surface area contributed by atoms with Gasteiger partial charge in [-0.05, 0) is 36.4 Å². The van der Waals surface area contributed by atoms with Crippen LogP contribution < -0.4 is 0 Å². The number of alkyl halides is 3. The second-order valence-electron chi connectivity index (χ2n) is 3.84. The van der Waals surface area contributed by atoms with E-state index in [0.717, 1.165) is 17.0 Å². The van der Waals surface area contributed by atoms with Crippen molar-refractivity contribution in [2.24, 2.45) is 0 Å². The Morgan fingerprint density at radius 2 is 1.30 bits per heavy atom. The van der Waals surface area contributed by atoms with Gasteiger partial charge in [0, 0.05) is 9.79 Å². The molecular formula is C13H9F3O2S2. The molecule has 106 valence electrons. The van der Waals surface area contributed by atoms with Crippen LogP contribution in [0.5, 0.6) is 0 Å². The number of hydrogen-bond donors (Lipinski definition) is 0. The number of hydrogen-bond acceptors (Lipinski definition) is 3. The quantitative estimate of drug-likeness (QED) is 0.853. The Morgan fingerprint density at radius 1 is 0.800 bits per heavy atom. The SMILES string of the molecule is O=S(=O)(c1ccc(Sc2ccccc2)cc1)C(F)(F)F. The molecule has 0 saturated carbocycles. The minimum Gasteiger partial charge on any atom is -0.214 e. The molecule has 0 bridgehead atoms. The minimum absolute atomic E-state index is 0.664. The van der Waals surface area contributed by atoms with Gasteiger partial charge in [0.15, 0.2) is 0 Å². The van der Waals surface area contributed by atoms with E-state index in [0.29, 0.717) is 4.90 Å². The molecule has 0 N–H and O–H groups in total. The zero-order valence-corrected chi connectivity index (χ0v) is 11.6. The Hall–Kier alpha value is -1.47. The molecule has 0 aliphatic carbocycles. The molecule has 0 amide bonds. The van der Waals surface area contributed by atoms with E-state index in [4.69, 9.17) is 0 Å².